The highest BCUT2D eigenvalue weighted by Crippen LogP contribution is 2.27. The van der Waals surface area contributed by atoms with Crippen molar-refractivity contribution in [3.8, 4) is 5.75 Å². The number of benzene rings is 1. The smallest absolute Gasteiger partial charge is 0.247 e. The van der Waals surface area contributed by atoms with Crippen molar-refractivity contribution in [1.29, 1.82) is 0 Å². The summed E-state index contributed by atoms with van der Waals surface area (Å²) in [6.45, 7) is 5.09. The molecule has 0 fully saturated rings. The molecule has 0 aliphatic heterocycles. The molecule has 0 heterocycles. The second kappa shape index (κ2) is 7.14. The van der Waals surface area contributed by atoms with Gasteiger partial charge in [-0.1, -0.05) is 25.4 Å². The molecular formula is C14H19ClN2O3. The molecule has 20 heavy (non-hydrogen) atoms. The molecule has 0 saturated heterocycles. The summed E-state index contributed by atoms with van der Waals surface area (Å²) in [7, 11) is 1.53. The number of ether oxygens (including phenoxy) is 1. The van der Waals surface area contributed by atoms with Crippen molar-refractivity contribution < 1.29 is 14.3 Å². The maximum Gasteiger partial charge on any atom is 0.247 e. The Morgan fingerprint density at radius 1 is 1.30 bits per heavy atom. The highest BCUT2D eigenvalue weighted by molar-refractivity contribution is 6.33. The van der Waals surface area contributed by atoms with Gasteiger partial charge in [-0.25, -0.2) is 0 Å². The fourth-order valence-electron chi connectivity index (χ4n) is 1.69. The molecule has 1 rings (SSSR count). The first-order valence-electron chi connectivity index (χ1n) is 6.26. The topological polar surface area (TPSA) is 67.4 Å². The summed E-state index contributed by atoms with van der Waals surface area (Å²) in [5.74, 6) is -0.0189. The second-order valence-electron chi connectivity index (χ2n) is 4.76. The van der Waals surface area contributed by atoms with Gasteiger partial charge in [0.25, 0.3) is 0 Å². The molecule has 1 aromatic rings. The molecule has 110 valence electrons. The first-order valence-corrected chi connectivity index (χ1v) is 6.64. The van der Waals surface area contributed by atoms with Crippen molar-refractivity contribution in [3.05, 3.63) is 23.2 Å². The quantitative estimate of drug-likeness (QED) is 0.877. The molecular weight excluding hydrogens is 280 g/mol. The van der Waals surface area contributed by atoms with Crippen LogP contribution in [-0.4, -0.2) is 25.0 Å². The van der Waals surface area contributed by atoms with Crippen LogP contribution < -0.4 is 15.4 Å². The molecule has 1 aromatic carbocycles. The van der Waals surface area contributed by atoms with Crippen LogP contribution in [0.4, 0.5) is 5.69 Å². The Balaban J connectivity index is 2.90. The van der Waals surface area contributed by atoms with Crippen LogP contribution in [0.5, 0.6) is 5.75 Å². The predicted molar refractivity (Wildman–Crippen MR) is 79.1 cm³/mol. The summed E-state index contributed by atoms with van der Waals surface area (Å²) in [5, 5.41) is 5.74. The van der Waals surface area contributed by atoms with Crippen LogP contribution in [-0.2, 0) is 9.59 Å². The van der Waals surface area contributed by atoms with Crippen molar-refractivity contribution in [2.24, 2.45) is 5.92 Å². The molecule has 0 aliphatic carbocycles. The van der Waals surface area contributed by atoms with Crippen LogP contribution in [0, 0.1) is 5.92 Å². The molecule has 0 radical (unpaired) electrons. The van der Waals surface area contributed by atoms with Crippen LogP contribution in [0.3, 0.4) is 0 Å². The molecule has 0 spiro atoms. The van der Waals surface area contributed by atoms with E-state index in [9.17, 15) is 9.59 Å². The number of hydrogen-bond donors (Lipinski definition) is 2. The van der Waals surface area contributed by atoms with Crippen LogP contribution >= 0.6 is 11.6 Å². The summed E-state index contributed by atoms with van der Waals surface area (Å²) in [6, 6.07) is 4.35. The fraction of sp³-hybridized carbons (Fsp3) is 0.429. The zero-order valence-corrected chi connectivity index (χ0v) is 12.7. The Hall–Kier alpha value is -1.75. The maximum atomic E-state index is 12.2. The summed E-state index contributed by atoms with van der Waals surface area (Å²) in [6.07, 6.45) is 0. The van der Waals surface area contributed by atoms with E-state index in [0.717, 1.165) is 0 Å². The third-order valence-electron chi connectivity index (χ3n) is 2.74. The number of carbonyl (C=O) groups excluding carboxylic acids is 2. The van der Waals surface area contributed by atoms with Crippen molar-refractivity contribution in [2.45, 2.75) is 26.8 Å². The lowest BCUT2D eigenvalue weighted by molar-refractivity contribution is -0.126. The molecule has 0 saturated carbocycles. The maximum absolute atomic E-state index is 12.2. The van der Waals surface area contributed by atoms with Crippen LogP contribution in [0.25, 0.3) is 0 Å². The third kappa shape index (κ3) is 4.42. The Morgan fingerprint density at radius 3 is 2.45 bits per heavy atom. The second-order valence-corrected chi connectivity index (χ2v) is 5.16. The van der Waals surface area contributed by atoms with E-state index in [0.29, 0.717) is 16.5 Å². The summed E-state index contributed by atoms with van der Waals surface area (Å²) < 4.78 is 5.08. The standard InChI is InChI=1S/C14H19ClN2O3/c1-8(2)13(16-9(3)18)14(19)17-12-7-10(20-4)5-6-11(12)15/h5-8,13H,1-4H3,(H,16,18)(H,17,19). The molecule has 0 aliphatic rings. The largest absolute Gasteiger partial charge is 0.497 e. The molecule has 2 amide bonds. The highest BCUT2D eigenvalue weighted by atomic mass is 35.5. The normalized spacial score (nSPS) is 11.9. The lowest BCUT2D eigenvalue weighted by Gasteiger charge is -2.21. The first-order chi connectivity index (χ1) is 9.35. The Labute approximate surface area is 123 Å². The molecule has 6 heteroatoms. The van der Waals surface area contributed by atoms with E-state index in [1.165, 1.54) is 14.0 Å². The SMILES string of the molecule is COc1ccc(Cl)c(NC(=O)C(NC(C)=O)C(C)C)c1. The van der Waals surface area contributed by atoms with Crippen molar-refractivity contribution in [1.82, 2.24) is 5.32 Å². The van der Waals surface area contributed by atoms with E-state index in [2.05, 4.69) is 10.6 Å². The third-order valence-corrected chi connectivity index (χ3v) is 3.07. The average molecular weight is 299 g/mol. The molecule has 1 atom stereocenters. The molecule has 0 aromatic heterocycles. The van der Waals surface area contributed by atoms with Crippen LogP contribution in [0.2, 0.25) is 5.02 Å². The monoisotopic (exact) mass is 298 g/mol. The van der Waals surface area contributed by atoms with Crippen molar-refractivity contribution in [3.63, 3.8) is 0 Å². The van der Waals surface area contributed by atoms with Gasteiger partial charge in [-0.15, -0.1) is 0 Å². The first kappa shape index (κ1) is 16.3. The van der Waals surface area contributed by atoms with E-state index in [1.807, 2.05) is 13.8 Å². The van der Waals surface area contributed by atoms with Gasteiger partial charge in [0.05, 0.1) is 17.8 Å². The van der Waals surface area contributed by atoms with Gasteiger partial charge in [0.2, 0.25) is 11.8 Å². The number of methoxy groups -OCH3 is 1. The molecule has 1 unspecified atom stereocenters. The Morgan fingerprint density at radius 2 is 1.95 bits per heavy atom. The van der Waals surface area contributed by atoms with E-state index < -0.39 is 6.04 Å². The van der Waals surface area contributed by atoms with Gasteiger partial charge in [0, 0.05) is 13.0 Å². The fourth-order valence-corrected chi connectivity index (χ4v) is 1.86. The Bertz CT molecular complexity index is 503. The summed E-state index contributed by atoms with van der Waals surface area (Å²) in [5.41, 5.74) is 0.451. The van der Waals surface area contributed by atoms with Gasteiger partial charge < -0.3 is 15.4 Å². The highest BCUT2D eigenvalue weighted by Gasteiger charge is 2.23. The van der Waals surface area contributed by atoms with E-state index in [-0.39, 0.29) is 17.7 Å². The predicted octanol–water partition coefficient (Wildman–Crippen LogP) is 2.45. The zero-order valence-electron chi connectivity index (χ0n) is 12.0. The number of carbonyl (C=O) groups is 2. The lowest BCUT2D eigenvalue weighted by atomic mass is 10.0. The van der Waals surface area contributed by atoms with E-state index in [1.54, 1.807) is 18.2 Å². The van der Waals surface area contributed by atoms with E-state index >= 15 is 0 Å². The number of amides is 2. The van der Waals surface area contributed by atoms with E-state index in [4.69, 9.17) is 16.3 Å². The lowest BCUT2D eigenvalue weighted by Crippen LogP contribution is -2.46. The number of halogens is 1. The zero-order chi connectivity index (χ0) is 15.3. The van der Waals surface area contributed by atoms with Crippen LogP contribution in [0.15, 0.2) is 18.2 Å². The number of anilines is 1. The van der Waals surface area contributed by atoms with Gasteiger partial charge in [-0.05, 0) is 18.1 Å². The minimum atomic E-state index is -0.616. The average Bonchev–Trinajstić information content (AvgIpc) is 2.37. The minimum absolute atomic E-state index is 0.0386. The summed E-state index contributed by atoms with van der Waals surface area (Å²) >= 11 is 6.03. The summed E-state index contributed by atoms with van der Waals surface area (Å²) in [4.78, 5) is 23.4. The molecule has 5 nitrogen and oxygen atoms in total. The van der Waals surface area contributed by atoms with Gasteiger partial charge in [0.1, 0.15) is 11.8 Å². The van der Waals surface area contributed by atoms with Crippen molar-refractivity contribution >= 4 is 29.1 Å². The van der Waals surface area contributed by atoms with Crippen molar-refractivity contribution in [2.75, 3.05) is 12.4 Å². The van der Waals surface area contributed by atoms with Gasteiger partial charge in [-0.3, -0.25) is 9.59 Å². The molecule has 2 N–H and O–H groups in total. The van der Waals surface area contributed by atoms with Crippen LogP contribution in [0.1, 0.15) is 20.8 Å². The Kier molecular flexibility index (Phi) is 5.82. The van der Waals surface area contributed by atoms with Gasteiger partial charge in [-0.2, -0.15) is 0 Å². The number of rotatable bonds is 5. The van der Waals surface area contributed by atoms with Gasteiger partial charge >= 0.3 is 0 Å². The number of hydrogen-bond acceptors (Lipinski definition) is 3. The molecule has 0 bridgehead atoms. The number of nitrogens with one attached hydrogen (secondary N) is 2. The van der Waals surface area contributed by atoms with Gasteiger partial charge in [0.15, 0.2) is 0 Å². The minimum Gasteiger partial charge on any atom is -0.497 e.